The summed E-state index contributed by atoms with van der Waals surface area (Å²) in [5.41, 5.74) is 11.6. The Bertz CT molecular complexity index is 1790. The van der Waals surface area contributed by atoms with Crippen molar-refractivity contribution in [1.29, 1.82) is 0 Å². The Labute approximate surface area is 331 Å². The van der Waals surface area contributed by atoms with Gasteiger partial charge < -0.3 is 24.8 Å². The summed E-state index contributed by atoms with van der Waals surface area (Å²) in [6, 6.07) is 40.8. The van der Waals surface area contributed by atoms with Crippen molar-refractivity contribution in [1.82, 2.24) is 0 Å². The van der Waals surface area contributed by atoms with Crippen molar-refractivity contribution in [3.63, 3.8) is 0 Å². The second-order valence-corrected chi connectivity index (χ2v) is 24.9. The van der Waals surface area contributed by atoms with E-state index in [0.717, 1.165) is 12.8 Å². The van der Waals surface area contributed by atoms with E-state index in [1.54, 1.807) is 23.3 Å². The minimum Gasteiger partial charge on any atom is -1.00 e. The fourth-order valence-electron chi connectivity index (χ4n) is 6.26. The first-order valence-corrected chi connectivity index (χ1v) is 24.0. The van der Waals surface area contributed by atoms with Gasteiger partial charge >= 0.3 is 41.9 Å². The number of halogens is 2. The molecule has 0 aliphatic rings. The largest absolute Gasteiger partial charge is 1.00 e. The van der Waals surface area contributed by atoms with Gasteiger partial charge in [0.05, 0.1) is 0 Å². The SMILES string of the molecule is CCCc1cc2c(-c3ccc(C(C)(C)C)cc3)cccc2[cH-]1.CCCc1cc2c(-c3ccc(C(C)(C)C)cc3)cccc2[cH-]1.C[Si](C)=[Zr+2].[Cl-].[Cl-]. The van der Waals surface area contributed by atoms with Crippen LogP contribution in [0.5, 0.6) is 0 Å². The summed E-state index contributed by atoms with van der Waals surface area (Å²) in [4.78, 5) is 0. The Morgan fingerprint density at radius 1 is 0.540 bits per heavy atom. The summed E-state index contributed by atoms with van der Waals surface area (Å²) < 4.78 is 0. The summed E-state index contributed by atoms with van der Waals surface area (Å²) in [5.74, 6) is 0. The molecule has 0 amide bonds. The van der Waals surface area contributed by atoms with Crippen LogP contribution >= 0.6 is 0 Å². The molecule has 0 aliphatic heterocycles. The Hall–Kier alpha value is -2.22. The maximum absolute atomic E-state index is 2.37. The maximum Gasteiger partial charge on any atom is -1.00 e. The predicted molar refractivity (Wildman–Crippen MR) is 213 cm³/mol. The van der Waals surface area contributed by atoms with E-state index < -0.39 is 0 Å². The Morgan fingerprint density at radius 2 is 0.860 bits per heavy atom. The Balaban J connectivity index is 0.000000303. The molecule has 0 N–H and O–H groups in total. The van der Waals surface area contributed by atoms with Crippen molar-refractivity contribution >= 4 is 27.0 Å². The molecule has 0 saturated heterocycles. The van der Waals surface area contributed by atoms with Crippen molar-refractivity contribution in [3.8, 4) is 22.3 Å². The van der Waals surface area contributed by atoms with Crippen molar-refractivity contribution in [2.75, 3.05) is 0 Å². The van der Waals surface area contributed by atoms with E-state index in [9.17, 15) is 0 Å². The van der Waals surface area contributed by atoms with E-state index >= 15 is 0 Å². The maximum atomic E-state index is 2.37. The standard InChI is InChI=1S/2C22H25.C2H6Si.2ClH.Zr/c2*1-5-7-16-14-18-8-6-9-20(21(18)15-16)17-10-12-19(13-11-17)22(2,3)4;1-3-2;;;/h2*6,8-15H,5,7H2,1-4H3;1-2H3;2*1H;/q2*-1;;;;+2/p-2. The van der Waals surface area contributed by atoms with Gasteiger partial charge in [-0.05, 0) is 45.9 Å². The van der Waals surface area contributed by atoms with Crippen LogP contribution in [0.15, 0.2) is 109 Å². The quantitative estimate of drug-likeness (QED) is 0.120. The van der Waals surface area contributed by atoms with Gasteiger partial charge in [0, 0.05) is 0 Å². The molecule has 0 fully saturated rings. The number of hydrogen-bond donors (Lipinski definition) is 0. The molecule has 0 unspecified atom stereocenters. The van der Waals surface area contributed by atoms with E-state index in [-0.39, 0.29) is 41.1 Å². The van der Waals surface area contributed by atoms with Gasteiger partial charge in [0.1, 0.15) is 0 Å². The molecule has 0 aliphatic carbocycles. The summed E-state index contributed by atoms with van der Waals surface area (Å²) in [7, 11) is 0. The summed E-state index contributed by atoms with van der Waals surface area (Å²) in [5, 5.41) is 5.49. The second kappa shape index (κ2) is 19.6. The molecule has 50 heavy (non-hydrogen) atoms. The number of fused-ring (bicyclic) bond motifs is 2. The van der Waals surface area contributed by atoms with Crippen molar-refractivity contribution < 1.29 is 48.1 Å². The predicted octanol–water partition coefficient (Wildman–Crippen LogP) is 7.74. The third kappa shape index (κ3) is 11.9. The molecule has 0 heterocycles. The molecule has 4 heteroatoms. The van der Waals surface area contributed by atoms with Gasteiger partial charge in [0.15, 0.2) is 0 Å². The van der Waals surface area contributed by atoms with Crippen LogP contribution in [0.4, 0.5) is 0 Å². The average molecular weight is 799 g/mol. The van der Waals surface area contributed by atoms with Crippen LogP contribution in [-0.4, -0.2) is 5.43 Å². The third-order valence-corrected chi connectivity index (χ3v) is 8.82. The second-order valence-electron chi connectivity index (χ2n) is 15.5. The summed E-state index contributed by atoms with van der Waals surface area (Å²) in [6.07, 6.45) is 4.73. The van der Waals surface area contributed by atoms with Crippen LogP contribution in [0.2, 0.25) is 13.1 Å². The summed E-state index contributed by atoms with van der Waals surface area (Å²) >= 11 is 1.74. The molecule has 0 nitrogen and oxygen atoms in total. The zero-order chi connectivity index (χ0) is 35.1. The van der Waals surface area contributed by atoms with Crippen LogP contribution in [0, 0.1) is 0 Å². The molecule has 0 atom stereocenters. The molecule has 0 saturated carbocycles. The van der Waals surface area contributed by atoms with E-state index in [1.807, 2.05) is 0 Å². The first-order chi connectivity index (χ1) is 22.7. The Morgan fingerprint density at radius 3 is 1.14 bits per heavy atom. The Kier molecular flexibility index (Phi) is 17.2. The fourth-order valence-corrected chi connectivity index (χ4v) is 6.26. The minimum atomic E-state index is 0. The smallest absolute Gasteiger partial charge is 1.00 e. The number of hydrogen-bond acceptors (Lipinski definition) is 0. The van der Waals surface area contributed by atoms with Gasteiger partial charge in [-0.15, -0.1) is 69.1 Å². The van der Waals surface area contributed by atoms with Gasteiger partial charge in [0.2, 0.25) is 0 Å². The third-order valence-electron chi connectivity index (χ3n) is 8.82. The monoisotopic (exact) mass is 796 g/mol. The number of rotatable bonds is 6. The number of aryl methyl sites for hydroxylation is 2. The average Bonchev–Trinajstić information content (AvgIpc) is 3.64. The van der Waals surface area contributed by atoms with Gasteiger partial charge in [-0.3, -0.25) is 0 Å². The molecule has 0 bridgehead atoms. The first-order valence-electron chi connectivity index (χ1n) is 17.8. The van der Waals surface area contributed by atoms with Crippen molar-refractivity contribution in [2.24, 2.45) is 0 Å². The minimum absolute atomic E-state index is 0. The molecule has 6 aromatic rings. The molecular weight excluding hydrogens is 743 g/mol. The number of benzene rings is 4. The molecule has 0 aromatic heterocycles. The van der Waals surface area contributed by atoms with Gasteiger partial charge in [-0.2, -0.15) is 12.1 Å². The van der Waals surface area contributed by atoms with E-state index in [2.05, 4.69) is 178 Å². The van der Waals surface area contributed by atoms with Crippen LogP contribution < -0.4 is 24.8 Å². The van der Waals surface area contributed by atoms with Crippen LogP contribution in [-0.2, 0) is 47.0 Å². The molecule has 0 radical (unpaired) electrons. The van der Waals surface area contributed by atoms with Gasteiger partial charge in [0.25, 0.3) is 0 Å². The van der Waals surface area contributed by atoms with Crippen molar-refractivity contribution in [2.45, 2.75) is 105 Å². The van der Waals surface area contributed by atoms with Gasteiger partial charge in [-0.1, -0.05) is 140 Å². The summed E-state index contributed by atoms with van der Waals surface area (Å²) in [6.45, 7) is 22.7. The first kappa shape index (κ1) is 43.9. The zero-order valence-corrected chi connectivity index (χ0v) is 36.9. The van der Waals surface area contributed by atoms with Gasteiger partial charge in [-0.25, -0.2) is 0 Å². The zero-order valence-electron chi connectivity index (χ0n) is 32.0. The molecule has 6 rings (SSSR count). The van der Waals surface area contributed by atoms with Crippen LogP contribution in [0.3, 0.4) is 0 Å². The van der Waals surface area contributed by atoms with Crippen LogP contribution in [0.1, 0.15) is 90.5 Å². The molecule has 6 aromatic carbocycles. The molecule has 264 valence electrons. The van der Waals surface area contributed by atoms with E-state index in [4.69, 9.17) is 0 Å². The topological polar surface area (TPSA) is 0 Å². The molecule has 0 spiro atoms. The van der Waals surface area contributed by atoms with E-state index in [1.165, 1.54) is 78.9 Å². The van der Waals surface area contributed by atoms with Crippen LogP contribution in [0.25, 0.3) is 43.8 Å². The van der Waals surface area contributed by atoms with Crippen molar-refractivity contribution in [3.05, 3.63) is 131 Å². The normalized spacial score (nSPS) is 11.1. The van der Waals surface area contributed by atoms with E-state index in [0.29, 0.717) is 0 Å². The molecular formula is C46H56Cl2SiZr-2. The fraction of sp³-hybridized carbons (Fsp3) is 0.348.